The predicted molar refractivity (Wildman–Crippen MR) is 77.2 cm³/mol. The van der Waals surface area contributed by atoms with Gasteiger partial charge in [0, 0.05) is 25.9 Å². The number of hydrogen-bond donors (Lipinski definition) is 1. The maximum atomic E-state index is 12.5. The number of methoxy groups -OCH3 is 1. The quantitative estimate of drug-likeness (QED) is 0.813. The largest absolute Gasteiger partial charge is 0.399 e. The van der Waals surface area contributed by atoms with Gasteiger partial charge < -0.3 is 10.5 Å². The number of halogens is 2. The molecule has 0 aliphatic carbocycles. The van der Waals surface area contributed by atoms with E-state index in [4.69, 9.17) is 33.7 Å². The fourth-order valence-corrected chi connectivity index (χ4v) is 4.21. The van der Waals surface area contributed by atoms with Crippen LogP contribution in [0.15, 0.2) is 17.0 Å². The van der Waals surface area contributed by atoms with Crippen LogP contribution < -0.4 is 5.73 Å². The van der Waals surface area contributed by atoms with E-state index in [1.807, 2.05) is 0 Å². The van der Waals surface area contributed by atoms with E-state index in [2.05, 4.69) is 0 Å². The highest BCUT2D eigenvalue weighted by molar-refractivity contribution is 7.89. The van der Waals surface area contributed by atoms with E-state index >= 15 is 0 Å². The summed E-state index contributed by atoms with van der Waals surface area (Å²) in [5.74, 6) is 0. The number of ether oxygens (including phenoxy) is 1. The number of rotatable bonds is 6. The molecule has 0 radical (unpaired) electrons. The van der Waals surface area contributed by atoms with Crippen LogP contribution in [0, 0.1) is 0 Å². The lowest BCUT2D eigenvalue weighted by Crippen LogP contribution is -2.34. The second-order valence-corrected chi connectivity index (χ2v) is 6.49. The number of nitrogens with zero attached hydrogens (tertiary/aromatic N) is 1. The van der Waals surface area contributed by atoms with Gasteiger partial charge in [0.05, 0.1) is 16.7 Å². The summed E-state index contributed by atoms with van der Waals surface area (Å²) in [5, 5.41) is 0.0294. The van der Waals surface area contributed by atoms with Gasteiger partial charge in [0.15, 0.2) is 0 Å². The van der Waals surface area contributed by atoms with E-state index in [-0.39, 0.29) is 28.1 Å². The molecule has 0 saturated heterocycles. The molecule has 0 atom stereocenters. The van der Waals surface area contributed by atoms with Crippen LogP contribution in [0.4, 0.5) is 5.69 Å². The first-order valence-electron chi connectivity index (χ1n) is 5.58. The molecule has 0 unspecified atom stereocenters. The summed E-state index contributed by atoms with van der Waals surface area (Å²) in [7, 11) is -2.26. The molecule has 0 aliphatic heterocycles. The summed E-state index contributed by atoms with van der Waals surface area (Å²) in [4.78, 5) is -0.122. The minimum Gasteiger partial charge on any atom is -0.399 e. The van der Waals surface area contributed by atoms with Gasteiger partial charge >= 0.3 is 0 Å². The maximum Gasteiger partial charge on any atom is 0.246 e. The zero-order valence-electron chi connectivity index (χ0n) is 10.7. The fourth-order valence-electron chi connectivity index (χ4n) is 1.60. The Morgan fingerprint density at radius 2 is 1.84 bits per heavy atom. The number of benzene rings is 1. The second-order valence-electron chi connectivity index (χ2n) is 3.80. The molecular weight excluding hydrogens is 311 g/mol. The molecule has 0 fully saturated rings. The van der Waals surface area contributed by atoms with Crippen molar-refractivity contribution in [2.45, 2.75) is 11.8 Å². The Bertz CT molecular complexity index is 526. The highest BCUT2D eigenvalue weighted by Crippen LogP contribution is 2.33. The van der Waals surface area contributed by atoms with Crippen molar-refractivity contribution >= 4 is 38.9 Å². The second kappa shape index (κ2) is 6.76. The van der Waals surface area contributed by atoms with E-state index in [9.17, 15) is 8.42 Å². The molecule has 0 aliphatic rings. The van der Waals surface area contributed by atoms with Crippen LogP contribution in [0.1, 0.15) is 6.92 Å². The van der Waals surface area contributed by atoms with Crippen LogP contribution in [0.5, 0.6) is 0 Å². The molecule has 8 heteroatoms. The van der Waals surface area contributed by atoms with Crippen LogP contribution in [0.25, 0.3) is 0 Å². The molecule has 0 spiro atoms. The van der Waals surface area contributed by atoms with Crippen molar-refractivity contribution in [1.82, 2.24) is 4.31 Å². The molecule has 2 N–H and O–H groups in total. The summed E-state index contributed by atoms with van der Waals surface area (Å²) in [6, 6.07) is 2.73. The lowest BCUT2D eigenvalue weighted by atomic mass is 10.3. The Labute approximate surface area is 123 Å². The fraction of sp³-hybridized carbons (Fsp3) is 0.455. The van der Waals surface area contributed by atoms with Crippen LogP contribution in [-0.2, 0) is 14.8 Å². The SMILES string of the molecule is CCN(CCOC)S(=O)(=O)c1c(Cl)cc(N)cc1Cl. The molecule has 0 bridgehead atoms. The first-order valence-corrected chi connectivity index (χ1v) is 7.77. The maximum absolute atomic E-state index is 12.5. The zero-order chi connectivity index (χ0) is 14.6. The van der Waals surface area contributed by atoms with E-state index in [1.165, 1.54) is 23.5 Å². The van der Waals surface area contributed by atoms with Crippen LogP contribution >= 0.6 is 23.2 Å². The average Bonchev–Trinajstić information content (AvgIpc) is 2.27. The van der Waals surface area contributed by atoms with Crippen molar-refractivity contribution in [3.63, 3.8) is 0 Å². The van der Waals surface area contributed by atoms with Gasteiger partial charge in [-0.2, -0.15) is 4.31 Å². The zero-order valence-corrected chi connectivity index (χ0v) is 13.0. The Morgan fingerprint density at radius 3 is 2.26 bits per heavy atom. The lowest BCUT2D eigenvalue weighted by Gasteiger charge is -2.21. The van der Waals surface area contributed by atoms with Gasteiger partial charge in [-0.1, -0.05) is 30.1 Å². The van der Waals surface area contributed by atoms with E-state index in [0.717, 1.165) is 0 Å². The van der Waals surface area contributed by atoms with Crippen molar-refractivity contribution in [2.24, 2.45) is 0 Å². The van der Waals surface area contributed by atoms with Crippen LogP contribution in [0.2, 0.25) is 10.0 Å². The first kappa shape index (κ1) is 16.5. The molecule has 0 aromatic heterocycles. The number of nitrogen functional groups attached to an aromatic ring is 1. The third-order valence-corrected chi connectivity index (χ3v) is 5.41. The minimum absolute atomic E-state index is 0.0147. The van der Waals surface area contributed by atoms with Gasteiger partial charge in [0.2, 0.25) is 10.0 Å². The monoisotopic (exact) mass is 326 g/mol. The van der Waals surface area contributed by atoms with Gasteiger partial charge in [0.25, 0.3) is 0 Å². The van der Waals surface area contributed by atoms with Crippen molar-refractivity contribution in [3.05, 3.63) is 22.2 Å². The van der Waals surface area contributed by atoms with Gasteiger partial charge in [-0.3, -0.25) is 0 Å². The minimum atomic E-state index is -3.77. The van der Waals surface area contributed by atoms with Crippen molar-refractivity contribution < 1.29 is 13.2 Å². The summed E-state index contributed by atoms with van der Waals surface area (Å²) >= 11 is 11.9. The Morgan fingerprint density at radius 1 is 1.32 bits per heavy atom. The Kier molecular flexibility index (Phi) is 5.88. The van der Waals surface area contributed by atoms with Gasteiger partial charge in [-0.25, -0.2) is 8.42 Å². The molecule has 1 aromatic carbocycles. The third kappa shape index (κ3) is 3.73. The molecule has 1 rings (SSSR count). The lowest BCUT2D eigenvalue weighted by molar-refractivity contribution is 0.180. The molecule has 1 aromatic rings. The predicted octanol–water partition coefficient (Wildman–Crippen LogP) is 2.23. The molecule has 108 valence electrons. The number of hydrogen-bond acceptors (Lipinski definition) is 4. The van der Waals surface area contributed by atoms with Crippen molar-refractivity contribution in [2.75, 3.05) is 32.5 Å². The van der Waals surface area contributed by atoms with E-state index in [1.54, 1.807) is 6.92 Å². The number of sulfonamides is 1. The van der Waals surface area contributed by atoms with Gasteiger partial charge in [0.1, 0.15) is 4.90 Å². The molecule has 5 nitrogen and oxygen atoms in total. The summed E-state index contributed by atoms with van der Waals surface area (Å²) in [5.41, 5.74) is 5.88. The summed E-state index contributed by atoms with van der Waals surface area (Å²) < 4.78 is 31.1. The average molecular weight is 327 g/mol. The molecular formula is C11H16Cl2N2O3S. The molecule has 0 saturated carbocycles. The molecule has 0 heterocycles. The normalized spacial score (nSPS) is 12.1. The van der Waals surface area contributed by atoms with E-state index < -0.39 is 10.0 Å². The number of nitrogens with two attached hydrogens (primary N) is 1. The molecule has 19 heavy (non-hydrogen) atoms. The number of anilines is 1. The van der Waals surface area contributed by atoms with Gasteiger partial charge in [-0.05, 0) is 12.1 Å². The summed E-state index contributed by atoms with van der Waals surface area (Å²) in [6.45, 7) is 2.54. The highest BCUT2D eigenvalue weighted by atomic mass is 35.5. The topological polar surface area (TPSA) is 72.6 Å². The third-order valence-electron chi connectivity index (χ3n) is 2.52. The first-order chi connectivity index (χ1) is 8.84. The molecule has 0 amide bonds. The van der Waals surface area contributed by atoms with Crippen LogP contribution in [-0.4, -0.2) is 39.5 Å². The van der Waals surface area contributed by atoms with E-state index in [0.29, 0.717) is 12.2 Å². The van der Waals surface area contributed by atoms with Gasteiger partial charge in [-0.15, -0.1) is 0 Å². The smallest absolute Gasteiger partial charge is 0.246 e. The Balaban J connectivity index is 3.26. The highest BCUT2D eigenvalue weighted by Gasteiger charge is 2.28. The van der Waals surface area contributed by atoms with Crippen molar-refractivity contribution in [1.29, 1.82) is 0 Å². The standard InChI is InChI=1S/C11H16Cl2N2O3S/c1-3-15(4-5-18-2)19(16,17)11-9(12)6-8(14)7-10(11)13/h6-7H,3-5,14H2,1-2H3. The summed E-state index contributed by atoms with van der Waals surface area (Å²) in [6.07, 6.45) is 0. The van der Waals surface area contributed by atoms with Crippen LogP contribution in [0.3, 0.4) is 0 Å². The Hall–Kier alpha value is -0.530. The number of likely N-dealkylation sites (N-methyl/N-ethyl adjacent to an activating group) is 1. The van der Waals surface area contributed by atoms with Crippen molar-refractivity contribution in [3.8, 4) is 0 Å².